The van der Waals surface area contributed by atoms with Crippen molar-refractivity contribution in [2.45, 2.75) is 57.3 Å². The number of nitrogens with zero attached hydrogens (tertiary/aromatic N) is 4. The molecule has 1 aliphatic carbocycles. The lowest BCUT2D eigenvalue weighted by atomic mass is 9.87. The van der Waals surface area contributed by atoms with Gasteiger partial charge in [0, 0.05) is 18.0 Å². The van der Waals surface area contributed by atoms with Gasteiger partial charge in [0.15, 0.2) is 5.65 Å². The Morgan fingerprint density at radius 3 is 2.78 bits per heavy atom. The lowest BCUT2D eigenvalue weighted by Crippen LogP contribution is -2.38. The highest BCUT2D eigenvalue weighted by Gasteiger charge is 2.20. The number of carbonyl (C=O) groups excluding carboxylic acids is 1. The second-order valence-corrected chi connectivity index (χ2v) is 8.28. The molecular formula is C20H25N5OS. The summed E-state index contributed by atoms with van der Waals surface area (Å²) < 4.78 is 2.15. The average molecular weight is 384 g/mol. The molecule has 6 nitrogen and oxygen atoms in total. The molecule has 0 bridgehead atoms. The summed E-state index contributed by atoms with van der Waals surface area (Å²) in [6.07, 6.45) is 4.56. The van der Waals surface area contributed by atoms with Crippen molar-refractivity contribution in [3.05, 3.63) is 24.3 Å². The maximum Gasteiger partial charge on any atom is 0.230 e. The van der Waals surface area contributed by atoms with Gasteiger partial charge in [-0.15, -0.1) is 10.2 Å². The van der Waals surface area contributed by atoms with Gasteiger partial charge in [0.25, 0.3) is 0 Å². The van der Waals surface area contributed by atoms with E-state index in [-0.39, 0.29) is 5.91 Å². The highest BCUT2D eigenvalue weighted by Crippen LogP contribution is 2.27. The molecule has 0 aliphatic heterocycles. The number of rotatable bonds is 5. The fraction of sp³-hybridized carbons (Fsp3) is 0.500. The number of para-hydroxylation sites is 1. The summed E-state index contributed by atoms with van der Waals surface area (Å²) in [6.45, 7) is 5.19. The van der Waals surface area contributed by atoms with Crippen molar-refractivity contribution in [3.8, 4) is 0 Å². The molecule has 3 aromatic rings. The Labute approximate surface area is 163 Å². The van der Waals surface area contributed by atoms with Crippen LogP contribution in [0.25, 0.3) is 22.1 Å². The number of nitrogens with one attached hydrogen (secondary N) is 1. The second kappa shape index (κ2) is 7.84. The van der Waals surface area contributed by atoms with Crippen LogP contribution in [-0.4, -0.2) is 37.5 Å². The van der Waals surface area contributed by atoms with E-state index in [4.69, 9.17) is 0 Å². The highest BCUT2D eigenvalue weighted by atomic mass is 32.2. The molecule has 0 saturated heterocycles. The maximum atomic E-state index is 12.3. The topological polar surface area (TPSA) is 72.7 Å². The van der Waals surface area contributed by atoms with E-state index < -0.39 is 0 Å². The van der Waals surface area contributed by atoms with Crippen LogP contribution in [0.5, 0.6) is 0 Å². The standard InChI is InChI=1S/C20H25N5OS/c1-3-25-16-7-5-4-6-15(16)18-19(25)22-20(24-23-18)27-12-17(26)21-14-10-8-13(2)9-11-14/h4-7,13-14H,3,8-12H2,1-2H3,(H,21,26). The summed E-state index contributed by atoms with van der Waals surface area (Å²) in [5.74, 6) is 1.16. The van der Waals surface area contributed by atoms with E-state index in [1.54, 1.807) is 0 Å². The number of thioether (sulfide) groups is 1. The van der Waals surface area contributed by atoms with Gasteiger partial charge in [0.2, 0.25) is 11.1 Å². The molecule has 0 unspecified atom stereocenters. The van der Waals surface area contributed by atoms with Crippen LogP contribution in [0.1, 0.15) is 39.5 Å². The first kappa shape index (κ1) is 18.2. The molecule has 1 fully saturated rings. The van der Waals surface area contributed by atoms with Crippen LogP contribution in [0, 0.1) is 5.92 Å². The van der Waals surface area contributed by atoms with Crippen molar-refractivity contribution >= 4 is 39.7 Å². The van der Waals surface area contributed by atoms with Gasteiger partial charge >= 0.3 is 0 Å². The van der Waals surface area contributed by atoms with Gasteiger partial charge in [-0.25, -0.2) is 4.98 Å². The van der Waals surface area contributed by atoms with E-state index in [1.807, 2.05) is 18.2 Å². The van der Waals surface area contributed by atoms with Crippen molar-refractivity contribution in [1.29, 1.82) is 0 Å². The fourth-order valence-corrected chi connectivity index (χ4v) is 4.47. The van der Waals surface area contributed by atoms with Crippen LogP contribution >= 0.6 is 11.8 Å². The van der Waals surface area contributed by atoms with Gasteiger partial charge in [-0.05, 0) is 44.6 Å². The van der Waals surface area contributed by atoms with Crippen molar-refractivity contribution in [3.63, 3.8) is 0 Å². The maximum absolute atomic E-state index is 12.3. The number of aromatic nitrogens is 4. The summed E-state index contributed by atoms with van der Waals surface area (Å²) in [5.41, 5.74) is 2.76. The molecule has 1 amide bonds. The zero-order chi connectivity index (χ0) is 18.8. The minimum absolute atomic E-state index is 0.0549. The minimum atomic E-state index is 0.0549. The lowest BCUT2D eigenvalue weighted by Gasteiger charge is -2.26. The summed E-state index contributed by atoms with van der Waals surface area (Å²) in [7, 11) is 0. The number of amides is 1. The lowest BCUT2D eigenvalue weighted by molar-refractivity contribution is -0.119. The molecular weight excluding hydrogens is 358 g/mol. The SMILES string of the molecule is CCn1c2ccccc2c2nnc(SCC(=O)NC3CCC(C)CC3)nc21. The first-order chi connectivity index (χ1) is 13.2. The Balaban J connectivity index is 1.46. The van der Waals surface area contributed by atoms with Crippen molar-refractivity contribution in [2.75, 3.05) is 5.75 Å². The Morgan fingerprint density at radius 2 is 2.00 bits per heavy atom. The molecule has 27 heavy (non-hydrogen) atoms. The van der Waals surface area contributed by atoms with E-state index in [9.17, 15) is 4.79 Å². The largest absolute Gasteiger partial charge is 0.353 e. The van der Waals surface area contributed by atoms with Crippen molar-refractivity contribution in [1.82, 2.24) is 25.1 Å². The number of hydrogen-bond acceptors (Lipinski definition) is 5. The molecule has 1 aliphatic rings. The van der Waals surface area contributed by atoms with Crippen LogP contribution in [0.15, 0.2) is 29.4 Å². The number of benzene rings is 1. The molecule has 142 valence electrons. The van der Waals surface area contributed by atoms with E-state index in [1.165, 1.54) is 24.6 Å². The van der Waals surface area contributed by atoms with Crippen LogP contribution in [0.3, 0.4) is 0 Å². The van der Waals surface area contributed by atoms with Gasteiger partial charge in [0.1, 0.15) is 5.52 Å². The molecule has 0 radical (unpaired) electrons. The Kier molecular flexibility index (Phi) is 5.29. The average Bonchev–Trinajstić information content (AvgIpc) is 3.01. The first-order valence-corrected chi connectivity index (χ1v) is 10.7. The number of carbonyl (C=O) groups is 1. The van der Waals surface area contributed by atoms with Crippen LogP contribution in [-0.2, 0) is 11.3 Å². The van der Waals surface area contributed by atoms with E-state index in [2.05, 4.69) is 45.0 Å². The third-order valence-corrected chi connectivity index (χ3v) is 6.22. The normalized spacial score (nSPS) is 20.2. The van der Waals surface area contributed by atoms with Gasteiger partial charge in [0.05, 0.1) is 11.3 Å². The third-order valence-electron chi connectivity index (χ3n) is 5.38. The van der Waals surface area contributed by atoms with Gasteiger partial charge in [-0.3, -0.25) is 4.79 Å². The second-order valence-electron chi connectivity index (χ2n) is 7.34. The van der Waals surface area contributed by atoms with Gasteiger partial charge in [-0.2, -0.15) is 0 Å². The Hall–Kier alpha value is -2.15. The summed E-state index contributed by atoms with van der Waals surface area (Å²) >= 11 is 1.35. The molecule has 1 N–H and O–H groups in total. The monoisotopic (exact) mass is 383 g/mol. The number of hydrogen-bond donors (Lipinski definition) is 1. The smallest absolute Gasteiger partial charge is 0.230 e. The summed E-state index contributed by atoms with van der Waals surface area (Å²) in [6, 6.07) is 8.47. The van der Waals surface area contributed by atoms with Gasteiger partial charge in [-0.1, -0.05) is 36.9 Å². The van der Waals surface area contributed by atoms with Crippen molar-refractivity contribution < 1.29 is 4.79 Å². The van der Waals surface area contributed by atoms with E-state index in [0.717, 1.165) is 47.4 Å². The predicted molar refractivity (Wildman–Crippen MR) is 109 cm³/mol. The third kappa shape index (κ3) is 3.78. The fourth-order valence-electron chi connectivity index (χ4n) is 3.87. The van der Waals surface area contributed by atoms with Crippen LogP contribution < -0.4 is 5.32 Å². The molecule has 0 spiro atoms. The number of aryl methyl sites for hydroxylation is 1. The molecule has 7 heteroatoms. The van der Waals surface area contributed by atoms with Crippen LogP contribution in [0.2, 0.25) is 0 Å². The van der Waals surface area contributed by atoms with E-state index >= 15 is 0 Å². The van der Waals surface area contributed by atoms with Crippen LogP contribution in [0.4, 0.5) is 0 Å². The summed E-state index contributed by atoms with van der Waals surface area (Å²) in [4.78, 5) is 17.0. The molecule has 0 atom stereocenters. The van der Waals surface area contributed by atoms with E-state index in [0.29, 0.717) is 17.0 Å². The van der Waals surface area contributed by atoms with Gasteiger partial charge < -0.3 is 9.88 Å². The summed E-state index contributed by atoms with van der Waals surface area (Å²) in [5, 5.41) is 13.4. The Bertz CT molecular complexity index is 962. The predicted octanol–water partition coefficient (Wildman–Crippen LogP) is 3.79. The number of fused-ring (bicyclic) bond motifs is 3. The zero-order valence-electron chi connectivity index (χ0n) is 15.8. The first-order valence-electron chi connectivity index (χ1n) is 9.69. The Morgan fingerprint density at radius 1 is 1.22 bits per heavy atom. The molecule has 1 saturated carbocycles. The highest BCUT2D eigenvalue weighted by molar-refractivity contribution is 7.99. The minimum Gasteiger partial charge on any atom is -0.353 e. The van der Waals surface area contributed by atoms with Crippen molar-refractivity contribution in [2.24, 2.45) is 5.92 Å². The molecule has 2 aromatic heterocycles. The quantitative estimate of drug-likeness (QED) is 0.679. The molecule has 2 heterocycles. The molecule has 4 rings (SSSR count). The zero-order valence-corrected chi connectivity index (χ0v) is 16.6. The molecule has 1 aromatic carbocycles.